The number of nitrogens with two attached hydrogens (primary N) is 1. The summed E-state index contributed by atoms with van der Waals surface area (Å²) in [4.78, 5) is 16.4. The minimum Gasteiger partial charge on any atom is -0.494 e. The maximum atomic E-state index is 11.6. The van der Waals surface area contributed by atoms with E-state index in [0.29, 0.717) is 40.3 Å². The normalized spacial score (nSPS) is 10.9. The first-order valence-electron chi connectivity index (χ1n) is 8.79. The zero-order chi connectivity index (χ0) is 19.7. The number of carbonyl (C=O) groups is 1. The molecule has 28 heavy (non-hydrogen) atoms. The van der Waals surface area contributed by atoms with Gasteiger partial charge in [0.2, 0.25) is 0 Å². The van der Waals surface area contributed by atoms with Crippen molar-refractivity contribution >= 4 is 22.7 Å². The van der Waals surface area contributed by atoms with E-state index in [9.17, 15) is 9.90 Å². The lowest BCUT2D eigenvalue weighted by Crippen LogP contribution is -2.01. The Bertz CT molecular complexity index is 1170. The minimum absolute atomic E-state index is 0.180. The molecule has 0 unspecified atom stereocenters. The molecule has 0 saturated heterocycles. The molecule has 0 amide bonds. The highest BCUT2D eigenvalue weighted by molar-refractivity contribution is 6.03. The predicted octanol–water partition coefficient (Wildman–Crippen LogP) is 3.97. The third-order valence-corrected chi connectivity index (χ3v) is 4.44. The second-order valence-corrected chi connectivity index (χ2v) is 6.20. The molecule has 4 aromatic rings. The molecule has 0 aliphatic rings. The van der Waals surface area contributed by atoms with Crippen LogP contribution < -0.4 is 10.5 Å². The Labute approximate surface area is 160 Å². The number of hydrogen-bond donors (Lipinski definition) is 3. The first kappa shape index (κ1) is 17.5. The molecule has 4 rings (SSSR count). The number of aromatic nitrogens is 3. The molecule has 7 heteroatoms. The van der Waals surface area contributed by atoms with Crippen molar-refractivity contribution in [3.8, 4) is 28.3 Å². The number of aromatic amines is 1. The molecule has 4 N–H and O–H groups in total. The van der Waals surface area contributed by atoms with Gasteiger partial charge in [-0.3, -0.25) is 5.10 Å². The van der Waals surface area contributed by atoms with Crippen molar-refractivity contribution < 1.29 is 14.6 Å². The number of pyridine rings is 1. The second-order valence-electron chi connectivity index (χ2n) is 6.20. The van der Waals surface area contributed by atoms with Crippen LogP contribution >= 0.6 is 0 Å². The number of carboxylic acid groups (broad SMARTS) is 1. The molecule has 2 heterocycles. The third-order valence-electron chi connectivity index (χ3n) is 4.44. The van der Waals surface area contributed by atoms with Crippen LogP contribution in [0.25, 0.3) is 33.4 Å². The second kappa shape index (κ2) is 7.03. The summed E-state index contributed by atoms with van der Waals surface area (Å²) in [5.41, 5.74) is 9.43. The van der Waals surface area contributed by atoms with Gasteiger partial charge in [-0.25, -0.2) is 9.78 Å². The molecule has 0 spiro atoms. The van der Waals surface area contributed by atoms with Crippen molar-refractivity contribution in [1.29, 1.82) is 0 Å². The van der Waals surface area contributed by atoms with E-state index in [0.717, 1.165) is 11.3 Å². The van der Waals surface area contributed by atoms with Gasteiger partial charge >= 0.3 is 5.97 Å². The first-order chi connectivity index (χ1) is 13.6. The zero-order valence-electron chi connectivity index (χ0n) is 15.1. The summed E-state index contributed by atoms with van der Waals surface area (Å²) in [6, 6.07) is 16.0. The van der Waals surface area contributed by atoms with Crippen molar-refractivity contribution in [3.05, 3.63) is 60.2 Å². The minimum atomic E-state index is -1.01. The standard InChI is InChI=1S/C21H18N4O3/c1-2-28-13-9-7-12(8-10-13)19-18-17(24-25-20(18)22)11-16(23-19)14-5-3-4-6-15(14)21(26)27/h3-11H,2H2,1H3,(H,26,27)(H3,22,24,25). The highest BCUT2D eigenvalue weighted by atomic mass is 16.5. The summed E-state index contributed by atoms with van der Waals surface area (Å²) in [7, 11) is 0. The summed E-state index contributed by atoms with van der Waals surface area (Å²) >= 11 is 0. The number of fused-ring (bicyclic) bond motifs is 1. The molecule has 0 fully saturated rings. The van der Waals surface area contributed by atoms with Crippen molar-refractivity contribution in [3.63, 3.8) is 0 Å². The summed E-state index contributed by atoms with van der Waals surface area (Å²) in [6.45, 7) is 2.51. The SMILES string of the molecule is CCOc1ccc(-c2nc(-c3ccccc3C(=O)O)cc3[nH]nc(N)c23)cc1. The number of anilines is 1. The van der Waals surface area contributed by atoms with E-state index in [-0.39, 0.29) is 5.56 Å². The maximum absolute atomic E-state index is 11.6. The van der Waals surface area contributed by atoms with Crippen LogP contribution in [-0.4, -0.2) is 32.9 Å². The Morgan fingerprint density at radius 2 is 1.93 bits per heavy atom. The van der Waals surface area contributed by atoms with Crippen molar-refractivity contribution in [2.24, 2.45) is 0 Å². The summed E-state index contributed by atoms with van der Waals surface area (Å²) in [5.74, 6) is 0.0868. The van der Waals surface area contributed by atoms with Crippen LogP contribution in [-0.2, 0) is 0 Å². The van der Waals surface area contributed by atoms with Crippen LogP contribution in [0, 0.1) is 0 Å². The number of aromatic carboxylic acids is 1. The van der Waals surface area contributed by atoms with Crippen molar-refractivity contribution in [2.45, 2.75) is 6.92 Å². The molecule has 2 aromatic heterocycles. The number of nitrogens with zero attached hydrogens (tertiary/aromatic N) is 2. The van der Waals surface area contributed by atoms with Gasteiger partial charge in [-0.2, -0.15) is 5.10 Å². The molecule has 140 valence electrons. The third kappa shape index (κ3) is 3.03. The van der Waals surface area contributed by atoms with E-state index in [4.69, 9.17) is 15.5 Å². The number of ether oxygens (including phenoxy) is 1. The van der Waals surface area contributed by atoms with Gasteiger partial charge in [-0.15, -0.1) is 0 Å². The molecule has 2 aromatic carbocycles. The van der Waals surface area contributed by atoms with Crippen LogP contribution in [0.1, 0.15) is 17.3 Å². The highest BCUT2D eigenvalue weighted by Crippen LogP contribution is 2.34. The monoisotopic (exact) mass is 374 g/mol. The zero-order valence-corrected chi connectivity index (χ0v) is 15.1. The van der Waals surface area contributed by atoms with Crippen LogP contribution in [0.4, 0.5) is 5.82 Å². The lowest BCUT2D eigenvalue weighted by molar-refractivity contribution is 0.0697. The Morgan fingerprint density at radius 1 is 1.18 bits per heavy atom. The molecule has 0 bridgehead atoms. The Balaban J connectivity index is 1.94. The highest BCUT2D eigenvalue weighted by Gasteiger charge is 2.18. The van der Waals surface area contributed by atoms with E-state index in [1.54, 1.807) is 30.3 Å². The Kier molecular flexibility index (Phi) is 4.41. The van der Waals surface area contributed by atoms with E-state index in [1.165, 1.54) is 0 Å². The van der Waals surface area contributed by atoms with Gasteiger partial charge in [0.15, 0.2) is 5.82 Å². The molecular weight excluding hydrogens is 356 g/mol. The topological polar surface area (TPSA) is 114 Å². The molecule has 0 aliphatic carbocycles. The molecule has 0 aliphatic heterocycles. The molecular formula is C21H18N4O3. The number of benzene rings is 2. The first-order valence-corrected chi connectivity index (χ1v) is 8.79. The average Bonchev–Trinajstić information content (AvgIpc) is 3.09. The number of H-pyrrole nitrogens is 1. The molecule has 0 saturated carbocycles. The van der Waals surface area contributed by atoms with E-state index >= 15 is 0 Å². The van der Waals surface area contributed by atoms with Crippen LogP contribution in [0.2, 0.25) is 0 Å². The van der Waals surface area contributed by atoms with E-state index in [1.807, 2.05) is 31.2 Å². The Hall–Kier alpha value is -3.87. The summed E-state index contributed by atoms with van der Waals surface area (Å²) in [6.07, 6.45) is 0. The van der Waals surface area contributed by atoms with E-state index < -0.39 is 5.97 Å². The van der Waals surface area contributed by atoms with Gasteiger partial charge in [-0.1, -0.05) is 18.2 Å². The van der Waals surface area contributed by atoms with Gasteiger partial charge in [-0.05, 0) is 43.3 Å². The molecule has 7 nitrogen and oxygen atoms in total. The van der Waals surface area contributed by atoms with Gasteiger partial charge in [0, 0.05) is 11.1 Å². The van der Waals surface area contributed by atoms with Gasteiger partial charge in [0.1, 0.15) is 5.75 Å². The number of nitrogens with one attached hydrogen (secondary N) is 1. The quantitative estimate of drug-likeness (QED) is 0.487. The van der Waals surface area contributed by atoms with E-state index in [2.05, 4.69) is 10.2 Å². The predicted molar refractivity (Wildman–Crippen MR) is 107 cm³/mol. The van der Waals surface area contributed by atoms with Gasteiger partial charge in [0.05, 0.1) is 34.5 Å². The fourth-order valence-electron chi connectivity index (χ4n) is 3.18. The van der Waals surface area contributed by atoms with Gasteiger partial charge in [0.25, 0.3) is 0 Å². The maximum Gasteiger partial charge on any atom is 0.336 e. The van der Waals surface area contributed by atoms with Crippen LogP contribution in [0.3, 0.4) is 0 Å². The fourth-order valence-corrected chi connectivity index (χ4v) is 3.18. The number of rotatable bonds is 5. The van der Waals surface area contributed by atoms with Crippen LogP contribution in [0.5, 0.6) is 5.75 Å². The lowest BCUT2D eigenvalue weighted by atomic mass is 10.0. The number of nitrogen functional groups attached to an aromatic ring is 1. The van der Waals surface area contributed by atoms with Crippen molar-refractivity contribution in [1.82, 2.24) is 15.2 Å². The largest absolute Gasteiger partial charge is 0.494 e. The fraction of sp³-hybridized carbons (Fsp3) is 0.0952. The summed E-state index contributed by atoms with van der Waals surface area (Å²) in [5, 5.41) is 17.2. The van der Waals surface area contributed by atoms with Crippen LogP contribution in [0.15, 0.2) is 54.6 Å². The lowest BCUT2D eigenvalue weighted by Gasteiger charge is -2.10. The Morgan fingerprint density at radius 3 is 2.64 bits per heavy atom. The molecule has 0 radical (unpaired) electrons. The molecule has 0 atom stereocenters. The number of hydrogen-bond acceptors (Lipinski definition) is 5. The number of carboxylic acids is 1. The van der Waals surface area contributed by atoms with Gasteiger partial charge < -0.3 is 15.6 Å². The average molecular weight is 374 g/mol. The summed E-state index contributed by atoms with van der Waals surface area (Å²) < 4.78 is 5.50. The smallest absolute Gasteiger partial charge is 0.336 e. The van der Waals surface area contributed by atoms with Crippen molar-refractivity contribution in [2.75, 3.05) is 12.3 Å².